The number of halogens is 1. The van der Waals surface area contributed by atoms with Crippen molar-refractivity contribution in [2.45, 2.75) is 32.7 Å². The van der Waals surface area contributed by atoms with Gasteiger partial charge in [0.25, 0.3) is 5.89 Å². The lowest BCUT2D eigenvalue weighted by molar-refractivity contribution is -0.117. The number of rotatable bonds is 6. The summed E-state index contributed by atoms with van der Waals surface area (Å²) in [5, 5.41) is 10.1. The molecule has 0 spiro atoms. The maximum atomic E-state index is 11.9. The van der Waals surface area contributed by atoms with Crippen LogP contribution in [-0.4, -0.2) is 29.1 Å². The fourth-order valence-corrected chi connectivity index (χ4v) is 2.45. The molecule has 2 aromatic rings. The van der Waals surface area contributed by atoms with Crippen LogP contribution in [-0.2, 0) is 11.2 Å². The Morgan fingerprint density at radius 2 is 2.04 bits per heavy atom. The Labute approximate surface area is 147 Å². The molecule has 0 aliphatic heterocycles. The number of nitrogens with zero attached hydrogens (tertiary/aromatic N) is 2. The Morgan fingerprint density at radius 1 is 1.38 bits per heavy atom. The number of benzene rings is 1. The first-order valence-electron chi connectivity index (χ1n) is 7.98. The summed E-state index contributed by atoms with van der Waals surface area (Å²) in [6.07, 6.45) is 1.70. The van der Waals surface area contributed by atoms with Crippen molar-refractivity contribution >= 4 is 24.0 Å². The SMILES string of the molecule is CNC(C)Cc1noc(-c2ccc(NC(=O)C3CC3C)cc2)n1.Cl. The Morgan fingerprint density at radius 3 is 2.62 bits per heavy atom. The molecule has 0 radical (unpaired) electrons. The van der Waals surface area contributed by atoms with Gasteiger partial charge in [-0.1, -0.05) is 12.1 Å². The van der Waals surface area contributed by atoms with Gasteiger partial charge in [0.1, 0.15) is 0 Å². The molecule has 1 fully saturated rings. The molecule has 3 atom stereocenters. The lowest BCUT2D eigenvalue weighted by Crippen LogP contribution is -2.24. The van der Waals surface area contributed by atoms with Gasteiger partial charge in [-0.05, 0) is 50.6 Å². The zero-order chi connectivity index (χ0) is 16.4. The maximum absolute atomic E-state index is 11.9. The largest absolute Gasteiger partial charge is 0.334 e. The predicted molar refractivity (Wildman–Crippen MR) is 95.1 cm³/mol. The molecule has 1 amide bonds. The van der Waals surface area contributed by atoms with Crippen molar-refractivity contribution in [3.8, 4) is 11.5 Å². The van der Waals surface area contributed by atoms with E-state index in [0.29, 0.717) is 30.1 Å². The molecule has 1 saturated carbocycles. The Bertz CT molecular complexity index is 686. The molecule has 6 nitrogen and oxygen atoms in total. The summed E-state index contributed by atoms with van der Waals surface area (Å²) in [4.78, 5) is 16.3. The third-order valence-corrected chi connectivity index (χ3v) is 4.30. The van der Waals surface area contributed by atoms with Crippen LogP contribution in [0.4, 0.5) is 5.69 Å². The number of aromatic nitrogens is 2. The summed E-state index contributed by atoms with van der Waals surface area (Å²) >= 11 is 0. The van der Waals surface area contributed by atoms with Crippen LogP contribution in [0.25, 0.3) is 11.5 Å². The molecule has 1 heterocycles. The van der Waals surface area contributed by atoms with Gasteiger partial charge in [0, 0.05) is 29.6 Å². The lowest BCUT2D eigenvalue weighted by Gasteiger charge is -2.05. The second-order valence-corrected chi connectivity index (χ2v) is 6.30. The summed E-state index contributed by atoms with van der Waals surface area (Å²) in [7, 11) is 1.90. The van der Waals surface area contributed by atoms with E-state index in [2.05, 4.69) is 34.6 Å². The Hall–Kier alpha value is -1.92. The van der Waals surface area contributed by atoms with Crippen LogP contribution in [0.3, 0.4) is 0 Å². The molecule has 130 valence electrons. The number of carbonyl (C=O) groups is 1. The molecule has 0 bridgehead atoms. The van der Waals surface area contributed by atoms with Gasteiger partial charge in [0.05, 0.1) is 0 Å². The van der Waals surface area contributed by atoms with Crippen molar-refractivity contribution in [2.24, 2.45) is 11.8 Å². The van der Waals surface area contributed by atoms with Gasteiger partial charge >= 0.3 is 0 Å². The highest BCUT2D eigenvalue weighted by Crippen LogP contribution is 2.38. The van der Waals surface area contributed by atoms with Crippen molar-refractivity contribution in [1.29, 1.82) is 0 Å². The van der Waals surface area contributed by atoms with Crippen molar-refractivity contribution in [2.75, 3.05) is 12.4 Å². The van der Waals surface area contributed by atoms with Crippen LogP contribution in [0.1, 0.15) is 26.1 Å². The number of carbonyl (C=O) groups excluding carboxylic acids is 1. The normalized spacial score (nSPS) is 20.1. The van der Waals surface area contributed by atoms with E-state index in [9.17, 15) is 4.79 Å². The van der Waals surface area contributed by atoms with Crippen molar-refractivity contribution in [3.05, 3.63) is 30.1 Å². The zero-order valence-electron chi connectivity index (χ0n) is 14.1. The molecule has 2 N–H and O–H groups in total. The first-order chi connectivity index (χ1) is 11.1. The van der Waals surface area contributed by atoms with Gasteiger partial charge in [0.2, 0.25) is 5.91 Å². The van der Waals surface area contributed by atoms with E-state index < -0.39 is 0 Å². The van der Waals surface area contributed by atoms with Crippen molar-refractivity contribution < 1.29 is 9.32 Å². The van der Waals surface area contributed by atoms with E-state index >= 15 is 0 Å². The zero-order valence-corrected chi connectivity index (χ0v) is 14.9. The van der Waals surface area contributed by atoms with E-state index in [1.165, 1.54) is 0 Å². The summed E-state index contributed by atoms with van der Waals surface area (Å²) in [5.41, 5.74) is 1.64. The van der Waals surface area contributed by atoms with Crippen LogP contribution in [0.5, 0.6) is 0 Å². The molecule has 7 heteroatoms. The van der Waals surface area contributed by atoms with E-state index in [1.54, 1.807) is 0 Å². The fraction of sp³-hybridized carbons (Fsp3) is 0.471. The van der Waals surface area contributed by atoms with E-state index in [0.717, 1.165) is 17.7 Å². The van der Waals surface area contributed by atoms with E-state index in [4.69, 9.17) is 4.52 Å². The topological polar surface area (TPSA) is 80.0 Å². The number of hydrogen-bond acceptors (Lipinski definition) is 5. The minimum absolute atomic E-state index is 0. The van der Waals surface area contributed by atoms with Crippen LogP contribution >= 0.6 is 12.4 Å². The lowest BCUT2D eigenvalue weighted by atomic mass is 10.2. The summed E-state index contributed by atoms with van der Waals surface area (Å²) in [6.45, 7) is 4.16. The van der Waals surface area contributed by atoms with Gasteiger partial charge in [-0.3, -0.25) is 4.79 Å². The average molecular weight is 351 g/mol. The number of hydrogen-bond donors (Lipinski definition) is 2. The van der Waals surface area contributed by atoms with E-state index in [-0.39, 0.29) is 24.2 Å². The maximum Gasteiger partial charge on any atom is 0.257 e. The van der Waals surface area contributed by atoms with Gasteiger partial charge < -0.3 is 15.2 Å². The van der Waals surface area contributed by atoms with Gasteiger partial charge in [0.15, 0.2) is 5.82 Å². The van der Waals surface area contributed by atoms with E-state index in [1.807, 2.05) is 31.3 Å². The van der Waals surface area contributed by atoms with Crippen molar-refractivity contribution in [3.63, 3.8) is 0 Å². The number of likely N-dealkylation sites (N-methyl/N-ethyl adjacent to an activating group) is 1. The second kappa shape index (κ2) is 7.77. The quantitative estimate of drug-likeness (QED) is 0.837. The number of anilines is 1. The molecule has 1 aromatic heterocycles. The molecule has 1 aliphatic carbocycles. The highest BCUT2D eigenvalue weighted by molar-refractivity contribution is 5.94. The van der Waals surface area contributed by atoms with Crippen LogP contribution < -0.4 is 10.6 Å². The third kappa shape index (κ3) is 4.33. The molecule has 24 heavy (non-hydrogen) atoms. The molecular weight excluding hydrogens is 328 g/mol. The number of nitrogens with one attached hydrogen (secondary N) is 2. The second-order valence-electron chi connectivity index (χ2n) is 6.30. The average Bonchev–Trinajstić information content (AvgIpc) is 3.10. The first kappa shape index (κ1) is 18.4. The molecule has 1 aromatic carbocycles. The summed E-state index contributed by atoms with van der Waals surface area (Å²) < 4.78 is 5.30. The molecule has 0 saturated heterocycles. The fourth-order valence-electron chi connectivity index (χ4n) is 2.45. The smallest absolute Gasteiger partial charge is 0.257 e. The number of amides is 1. The molecular formula is C17H23ClN4O2. The molecule has 3 rings (SSSR count). The first-order valence-corrected chi connectivity index (χ1v) is 7.98. The minimum atomic E-state index is 0. The third-order valence-electron chi connectivity index (χ3n) is 4.30. The summed E-state index contributed by atoms with van der Waals surface area (Å²) in [5.74, 6) is 1.96. The minimum Gasteiger partial charge on any atom is -0.334 e. The predicted octanol–water partition coefficient (Wildman–Crippen LogP) is 2.90. The molecule has 3 unspecified atom stereocenters. The van der Waals surface area contributed by atoms with Crippen molar-refractivity contribution in [1.82, 2.24) is 15.5 Å². The van der Waals surface area contributed by atoms with Gasteiger partial charge in [-0.15, -0.1) is 12.4 Å². The van der Waals surface area contributed by atoms with Gasteiger partial charge in [-0.2, -0.15) is 4.98 Å². The van der Waals surface area contributed by atoms with Crippen LogP contribution in [0.15, 0.2) is 28.8 Å². The Kier molecular flexibility index (Phi) is 5.96. The summed E-state index contributed by atoms with van der Waals surface area (Å²) in [6, 6.07) is 7.78. The highest BCUT2D eigenvalue weighted by atomic mass is 35.5. The molecule has 1 aliphatic rings. The highest BCUT2D eigenvalue weighted by Gasteiger charge is 2.39. The van der Waals surface area contributed by atoms with Gasteiger partial charge in [-0.25, -0.2) is 0 Å². The standard InChI is InChI=1S/C17H22N4O2.ClH/c1-10-8-14(10)16(22)19-13-6-4-12(5-7-13)17-20-15(21-23-17)9-11(2)18-3;/h4-7,10-11,14,18H,8-9H2,1-3H3,(H,19,22);1H. The Balaban J connectivity index is 0.00000208. The van der Waals surface area contributed by atoms with Crippen LogP contribution in [0.2, 0.25) is 0 Å². The monoisotopic (exact) mass is 350 g/mol. The van der Waals surface area contributed by atoms with Crippen LogP contribution in [0, 0.1) is 11.8 Å².